The molecule has 1 aromatic heterocycles. The Hall–Kier alpha value is -0.880. The zero-order chi connectivity index (χ0) is 13.0. The fourth-order valence-corrected chi connectivity index (χ4v) is 2.78. The van der Waals surface area contributed by atoms with Gasteiger partial charge in [-0.15, -0.1) is 11.3 Å². The van der Waals surface area contributed by atoms with Crippen molar-refractivity contribution in [1.29, 1.82) is 0 Å². The van der Waals surface area contributed by atoms with Crippen LogP contribution >= 0.6 is 27.3 Å². The standard InChI is InChI=1S/C11H15BrN2O2S/c1-7-6-8(17-10(7)12)11(16)14(3)5-4-9(15)13-2/h6H,4-5H2,1-3H3,(H,13,15). The van der Waals surface area contributed by atoms with Gasteiger partial charge in [0, 0.05) is 27.1 Å². The number of amides is 2. The van der Waals surface area contributed by atoms with Crippen LogP contribution in [0, 0.1) is 6.92 Å². The lowest BCUT2D eigenvalue weighted by molar-refractivity contribution is -0.120. The van der Waals surface area contributed by atoms with Gasteiger partial charge in [-0.2, -0.15) is 0 Å². The molecule has 0 aliphatic heterocycles. The summed E-state index contributed by atoms with van der Waals surface area (Å²) in [5.74, 6) is -0.110. The van der Waals surface area contributed by atoms with Crippen LogP contribution in [0.1, 0.15) is 21.7 Å². The fourth-order valence-electron chi connectivity index (χ4n) is 1.25. The Morgan fingerprint density at radius 3 is 2.65 bits per heavy atom. The van der Waals surface area contributed by atoms with Gasteiger partial charge in [-0.25, -0.2) is 0 Å². The quantitative estimate of drug-likeness (QED) is 0.923. The van der Waals surface area contributed by atoms with Crippen LogP contribution in [0.3, 0.4) is 0 Å². The van der Waals surface area contributed by atoms with E-state index in [0.29, 0.717) is 17.8 Å². The number of hydrogen-bond acceptors (Lipinski definition) is 3. The number of nitrogens with one attached hydrogen (secondary N) is 1. The summed E-state index contributed by atoms with van der Waals surface area (Å²) in [5.41, 5.74) is 1.05. The Morgan fingerprint density at radius 2 is 2.18 bits per heavy atom. The largest absolute Gasteiger partial charge is 0.359 e. The second-order valence-electron chi connectivity index (χ2n) is 3.72. The van der Waals surface area contributed by atoms with Crippen LogP contribution in [-0.2, 0) is 4.79 Å². The van der Waals surface area contributed by atoms with Crippen LogP contribution < -0.4 is 5.32 Å². The Kier molecular flexibility index (Phi) is 5.14. The first kappa shape index (κ1) is 14.2. The zero-order valence-electron chi connectivity index (χ0n) is 10.0. The van der Waals surface area contributed by atoms with Crippen molar-refractivity contribution < 1.29 is 9.59 Å². The molecule has 17 heavy (non-hydrogen) atoms. The molecule has 0 radical (unpaired) electrons. The summed E-state index contributed by atoms with van der Waals surface area (Å²) in [7, 11) is 3.29. The fraction of sp³-hybridized carbons (Fsp3) is 0.455. The van der Waals surface area contributed by atoms with Crippen molar-refractivity contribution in [1.82, 2.24) is 10.2 Å². The summed E-state index contributed by atoms with van der Waals surface area (Å²) < 4.78 is 0.973. The van der Waals surface area contributed by atoms with Gasteiger partial charge in [-0.05, 0) is 34.5 Å². The monoisotopic (exact) mass is 318 g/mol. The minimum absolute atomic E-state index is 0.0484. The first-order valence-electron chi connectivity index (χ1n) is 5.17. The number of hydrogen-bond donors (Lipinski definition) is 1. The third-order valence-corrected chi connectivity index (χ3v) is 4.49. The minimum Gasteiger partial charge on any atom is -0.359 e. The molecule has 0 atom stereocenters. The summed E-state index contributed by atoms with van der Waals surface area (Å²) in [5, 5.41) is 2.53. The van der Waals surface area contributed by atoms with Crippen LogP contribution in [0.2, 0.25) is 0 Å². The van der Waals surface area contributed by atoms with E-state index >= 15 is 0 Å². The lowest BCUT2D eigenvalue weighted by Crippen LogP contribution is -2.30. The molecule has 1 rings (SSSR count). The second kappa shape index (κ2) is 6.16. The highest BCUT2D eigenvalue weighted by molar-refractivity contribution is 9.11. The summed E-state index contributed by atoms with van der Waals surface area (Å²) in [6.07, 6.45) is 0.324. The van der Waals surface area contributed by atoms with Gasteiger partial charge in [0.25, 0.3) is 5.91 Å². The predicted molar refractivity (Wildman–Crippen MR) is 72.4 cm³/mol. The molecule has 1 aromatic rings. The third-order valence-electron chi connectivity index (χ3n) is 2.37. The van der Waals surface area contributed by atoms with E-state index in [1.807, 2.05) is 13.0 Å². The average molecular weight is 319 g/mol. The van der Waals surface area contributed by atoms with Gasteiger partial charge >= 0.3 is 0 Å². The van der Waals surface area contributed by atoms with E-state index in [-0.39, 0.29) is 11.8 Å². The number of rotatable bonds is 4. The highest BCUT2D eigenvalue weighted by Gasteiger charge is 2.16. The molecule has 1 heterocycles. The normalized spacial score (nSPS) is 10.1. The molecule has 0 saturated carbocycles. The molecule has 0 fully saturated rings. The van der Waals surface area contributed by atoms with Crippen LogP contribution in [0.25, 0.3) is 0 Å². The maximum Gasteiger partial charge on any atom is 0.263 e. The second-order valence-corrected chi connectivity index (χ2v) is 6.09. The van der Waals surface area contributed by atoms with E-state index in [4.69, 9.17) is 0 Å². The molecule has 1 N–H and O–H groups in total. The Labute approximate surface area is 113 Å². The van der Waals surface area contributed by atoms with Crippen LogP contribution in [0.4, 0.5) is 0 Å². The molecule has 0 aliphatic rings. The predicted octanol–water partition coefficient (Wildman–Crippen LogP) is 2.03. The van der Waals surface area contributed by atoms with Crippen molar-refractivity contribution in [3.8, 4) is 0 Å². The summed E-state index contributed by atoms with van der Waals surface area (Å²) >= 11 is 4.81. The highest BCUT2D eigenvalue weighted by Crippen LogP contribution is 2.27. The topological polar surface area (TPSA) is 49.4 Å². The minimum atomic E-state index is -0.0619. The lowest BCUT2D eigenvalue weighted by Gasteiger charge is -2.15. The average Bonchev–Trinajstić information content (AvgIpc) is 2.65. The summed E-state index contributed by atoms with van der Waals surface area (Å²) in [6.45, 7) is 2.37. The Balaban J connectivity index is 2.60. The Bertz CT molecular complexity index is 412. The summed E-state index contributed by atoms with van der Waals surface area (Å²) in [4.78, 5) is 25.3. The maximum absolute atomic E-state index is 12.0. The van der Waals surface area contributed by atoms with Gasteiger partial charge in [0.2, 0.25) is 5.91 Å². The van der Waals surface area contributed by atoms with Crippen LogP contribution in [-0.4, -0.2) is 37.4 Å². The van der Waals surface area contributed by atoms with Crippen molar-refractivity contribution in [3.63, 3.8) is 0 Å². The highest BCUT2D eigenvalue weighted by atomic mass is 79.9. The van der Waals surface area contributed by atoms with E-state index in [0.717, 1.165) is 9.35 Å². The van der Waals surface area contributed by atoms with Gasteiger partial charge in [0.1, 0.15) is 0 Å². The smallest absolute Gasteiger partial charge is 0.263 e. The van der Waals surface area contributed by atoms with Crippen molar-refractivity contribution in [2.45, 2.75) is 13.3 Å². The van der Waals surface area contributed by atoms with E-state index < -0.39 is 0 Å². The van der Waals surface area contributed by atoms with Gasteiger partial charge in [0.05, 0.1) is 8.66 Å². The third kappa shape index (κ3) is 3.81. The Morgan fingerprint density at radius 1 is 1.53 bits per heavy atom. The molecule has 6 heteroatoms. The summed E-state index contributed by atoms with van der Waals surface area (Å²) in [6, 6.07) is 1.85. The van der Waals surface area contributed by atoms with Gasteiger partial charge < -0.3 is 10.2 Å². The first-order chi connectivity index (χ1) is 7.95. The zero-order valence-corrected chi connectivity index (χ0v) is 12.4. The molecular weight excluding hydrogens is 304 g/mol. The SMILES string of the molecule is CNC(=O)CCN(C)C(=O)c1cc(C)c(Br)s1. The van der Waals surface area contributed by atoms with E-state index in [1.54, 1.807) is 19.0 Å². The van der Waals surface area contributed by atoms with Crippen LogP contribution in [0.15, 0.2) is 9.85 Å². The number of carbonyl (C=O) groups excluding carboxylic acids is 2. The molecular formula is C11H15BrN2O2S. The van der Waals surface area contributed by atoms with Gasteiger partial charge in [-0.3, -0.25) is 9.59 Å². The van der Waals surface area contributed by atoms with Crippen molar-refractivity contribution in [3.05, 3.63) is 20.3 Å². The lowest BCUT2D eigenvalue weighted by atomic mass is 10.3. The molecule has 0 aliphatic carbocycles. The van der Waals surface area contributed by atoms with E-state index in [2.05, 4.69) is 21.2 Å². The molecule has 0 aromatic carbocycles. The van der Waals surface area contributed by atoms with E-state index in [1.165, 1.54) is 11.3 Å². The van der Waals surface area contributed by atoms with Crippen LogP contribution in [0.5, 0.6) is 0 Å². The molecule has 94 valence electrons. The number of aryl methyl sites for hydroxylation is 1. The number of halogens is 1. The maximum atomic E-state index is 12.0. The molecule has 0 bridgehead atoms. The number of nitrogens with zero attached hydrogens (tertiary/aromatic N) is 1. The van der Waals surface area contributed by atoms with Crippen molar-refractivity contribution in [2.75, 3.05) is 20.6 Å². The molecule has 0 spiro atoms. The van der Waals surface area contributed by atoms with Crippen molar-refractivity contribution in [2.24, 2.45) is 0 Å². The molecule has 0 saturated heterocycles. The van der Waals surface area contributed by atoms with Crippen molar-refractivity contribution >= 4 is 39.1 Å². The van der Waals surface area contributed by atoms with Gasteiger partial charge in [-0.1, -0.05) is 0 Å². The molecule has 4 nitrogen and oxygen atoms in total. The molecule has 2 amide bonds. The molecule has 0 unspecified atom stereocenters. The van der Waals surface area contributed by atoms with Gasteiger partial charge in [0.15, 0.2) is 0 Å². The first-order valence-corrected chi connectivity index (χ1v) is 6.78. The number of carbonyl (C=O) groups is 2. The number of thiophene rings is 1. The van der Waals surface area contributed by atoms with E-state index in [9.17, 15) is 9.59 Å².